The van der Waals surface area contributed by atoms with Crippen molar-refractivity contribution in [3.8, 4) is 0 Å². The van der Waals surface area contributed by atoms with Crippen molar-refractivity contribution in [2.45, 2.75) is 58.1 Å². The molecule has 1 saturated heterocycles. The first kappa shape index (κ1) is 17.5. The van der Waals surface area contributed by atoms with Crippen LogP contribution in [-0.4, -0.2) is 56.5 Å². The Hall–Kier alpha value is -0.810. The predicted molar refractivity (Wildman–Crippen MR) is 86.9 cm³/mol. The fraction of sp³-hybridized carbons (Fsp3) is 0.941. The first-order valence-corrected chi connectivity index (χ1v) is 8.76. The molecule has 2 rings (SSSR count). The topological polar surface area (TPSA) is 50.8 Å². The molecule has 0 unspecified atom stereocenters. The van der Waals surface area contributed by atoms with Crippen molar-refractivity contribution in [2.75, 3.05) is 33.4 Å². The van der Waals surface area contributed by atoms with E-state index in [0.29, 0.717) is 25.2 Å². The third kappa shape index (κ3) is 5.13. The molecule has 0 spiro atoms. The van der Waals surface area contributed by atoms with Gasteiger partial charge in [0.2, 0.25) is 0 Å². The molecule has 0 aromatic carbocycles. The van der Waals surface area contributed by atoms with Gasteiger partial charge < -0.3 is 19.7 Å². The lowest BCUT2D eigenvalue weighted by atomic mass is 9.80. The molecular formula is C17H32N2O3. The normalized spacial score (nSPS) is 30.3. The van der Waals surface area contributed by atoms with Crippen LogP contribution in [0.4, 0.5) is 4.79 Å². The molecule has 0 aromatic rings. The third-order valence-corrected chi connectivity index (χ3v) is 5.11. The lowest BCUT2D eigenvalue weighted by Gasteiger charge is -2.37. The van der Waals surface area contributed by atoms with E-state index in [-0.39, 0.29) is 12.1 Å². The van der Waals surface area contributed by atoms with Gasteiger partial charge in [0, 0.05) is 26.2 Å². The molecule has 5 nitrogen and oxygen atoms in total. The molecule has 2 amide bonds. The largest absolute Gasteiger partial charge is 0.382 e. The molecule has 128 valence electrons. The van der Waals surface area contributed by atoms with Crippen molar-refractivity contribution in [3.05, 3.63) is 0 Å². The zero-order valence-corrected chi connectivity index (χ0v) is 14.3. The highest BCUT2D eigenvalue weighted by molar-refractivity contribution is 5.74. The molecule has 1 aliphatic carbocycles. The van der Waals surface area contributed by atoms with Crippen molar-refractivity contribution in [2.24, 2.45) is 11.8 Å². The van der Waals surface area contributed by atoms with E-state index in [1.165, 1.54) is 12.8 Å². The highest BCUT2D eigenvalue weighted by Crippen LogP contribution is 2.28. The van der Waals surface area contributed by atoms with E-state index >= 15 is 0 Å². The average molecular weight is 312 g/mol. The van der Waals surface area contributed by atoms with Gasteiger partial charge in [0.1, 0.15) is 0 Å². The van der Waals surface area contributed by atoms with E-state index in [2.05, 4.69) is 19.2 Å². The van der Waals surface area contributed by atoms with E-state index in [0.717, 1.165) is 38.3 Å². The fourth-order valence-electron chi connectivity index (χ4n) is 3.65. The predicted octanol–water partition coefficient (Wildman–Crippen LogP) is 2.65. The van der Waals surface area contributed by atoms with Crippen LogP contribution in [0.25, 0.3) is 0 Å². The van der Waals surface area contributed by atoms with Crippen LogP contribution < -0.4 is 5.32 Å². The van der Waals surface area contributed by atoms with E-state index < -0.39 is 0 Å². The second kappa shape index (κ2) is 8.73. The maximum absolute atomic E-state index is 12.4. The summed E-state index contributed by atoms with van der Waals surface area (Å²) >= 11 is 0. The molecule has 0 aromatic heterocycles. The molecule has 3 atom stereocenters. The van der Waals surface area contributed by atoms with Crippen LogP contribution >= 0.6 is 0 Å². The number of urea groups is 1. The van der Waals surface area contributed by atoms with Crippen molar-refractivity contribution in [1.82, 2.24) is 10.2 Å². The van der Waals surface area contributed by atoms with Crippen LogP contribution in [0.2, 0.25) is 0 Å². The van der Waals surface area contributed by atoms with Crippen LogP contribution in [-0.2, 0) is 9.47 Å². The van der Waals surface area contributed by atoms with Crippen molar-refractivity contribution in [3.63, 3.8) is 0 Å². The molecule has 1 saturated carbocycles. The highest BCUT2D eigenvalue weighted by atomic mass is 16.5. The minimum absolute atomic E-state index is 0.113. The lowest BCUT2D eigenvalue weighted by molar-refractivity contribution is -0.00949. The quantitative estimate of drug-likeness (QED) is 0.794. The van der Waals surface area contributed by atoms with E-state index in [1.807, 2.05) is 4.90 Å². The Labute approximate surface area is 134 Å². The Morgan fingerprint density at radius 2 is 1.86 bits per heavy atom. The summed E-state index contributed by atoms with van der Waals surface area (Å²) in [5.74, 6) is 1.38. The Bertz CT molecular complexity index is 343. The average Bonchev–Trinajstić information content (AvgIpc) is 2.51. The molecule has 5 heteroatoms. The first-order valence-electron chi connectivity index (χ1n) is 8.76. The zero-order valence-electron chi connectivity index (χ0n) is 14.3. The Morgan fingerprint density at radius 1 is 1.14 bits per heavy atom. The Kier molecular flexibility index (Phi) is 6.96. The number of methoxy groups -OCH3 is 1. The number of likely N-dealkylation sites (tertiary alicyclic amines) is 1. The number of carbonyl (C=O) groups is 1. The molecule has 1 heterocycles. The second-order valence-electron chi connectivity index (χ2n) is 7.00. The smallest absolute Gasteiger partial charge is 0.317 e. The number of nitrogens with one attached hydrogen (secondary N) is 1. The summed E-state index contributed by atoms with van der Waals surface area (Å²) in [4.78, 5) is 14.4. The SMILES string of the molecule is COCCOC1CCN(C(=O)N[C@@H]2CC[C@H](C)C[C@H]2C)CC1. The number of rotatable bonds is 5. The summed E-state index contributed by atoms with van der Waals surface area (Å²) in [5, 5.41) is 3.25. The second-order valence-corrected chi connectivity index (χ2v) is 7.00. The first-order chi connectivity index (χ1) is 10.6. The van der Waals surface area contributed by atoms with Gasteiger partial charge in [0.15, 0.2) is 0 Å². The number of hydrogen-bond donors (Lipinski definition) is 1. The van der Waals surface area contributed by atoms with Gasteiger partial charge in [0.25, 0.3) is 0 Å². The minimum Gasteiger partial charge on any atom is -0.382 e. The van der Waals surface area contributed by atoms with Gasteiger partial charge in [-0.3, -0.25) is 0 Å². The summed E-state index contributed by atoms with van der Waals surface area (Å²) < 4.78 is 10.7. The molecule has 22 heavy (non-hydrogen) atoms. The third-order valence-electron chi connectivity index (χ3n) is 5.11. The molecule has 0 bridgehead atoms. The fourth-order valence-corrected chi connectivity index (χ4v) is 3.65. The van der Waals surface area contributed by atoms with Gasteiger partial charge in [-0.25, -0.2) is 4.79 Å². The summed E-state index contributed by atoms with van der Waals surface area (Å²) in [5.41, 5.74) is 0. The lowest BCUT2D eigenvalue weighted by Crippen LogP contribution is -2.51. The minimum atomic E-state index is 0.113. The maximum atomic E-state index is 12.4. The molecule has 2 aliphatic rings. The Morgan fingerprint density at radius 3 is 2.50 bits per heavy atom. The van der Waals surface area contributed by atoms with Crippen LogP contribution in [0.5, 0.6) is 0 Å². The van der Waals surface area contributed by atoms with Gasteiger partial charge in [-0.15, -0.1) is 0 Å². The van der Waals surface area contributed by atoms with Crippen LogP contribution in [0.15, 0.2) is 0 Å². The van der Waals surface area contributed by atoms with Gasteiger partial charge in [0.05, 0.1) is 19.3 Å². The number of amides is 2. The van der Waals surface area contributed by atoms with Gasteiger partial charge in [-0.1, -0.05) is 13.8 Å². The molecule has 2 fully saturated rings. The number of piperidine rings is 1. The number of hydrogen-bond acceptors (Lipinski definition) is 3. The highest BCUT2D eigenvalue weighted by Gasteiger charge is 2.29. The number of nitrogens with zero attached hydrogens (tertiary/aromatic N) is 1. The molecular weight excluding hydrogens is 280 g/mol. The van der Waals surface area contributed by atoms with Gasteiger partial charge >= 0.3 is 6.03 Å². The molecule has 0 radical (unpaired) electrons. The van der Waals surface area contributed by atoms with Gasteiger partial charge in [-0.05, 0) is 43.9 Å². The van der Waals surface area contributed by atoms with E-state index in [4.69, 9.17) is 9.47 Å². The maximum Gasteiger partial charge on any atom is 0.317 e. The van der Waals surface area contributed by atoms with Gasteiger partial charge in [-0.2, -0.15) is 0 Å². The molecule has 1 aliphatic heterocycles. The Balaban J connectivity index is 1.69. The zero-order chi connectivity index (χ0) is 15.9. The van der Waals surface area contributed by atoms with Crippen molar-refractivity contribution in [1.29, 1.82) is 0 Å². The van der Waals surface area contributed by atoms with E-state index in [1.54, 1.807) is 7.11 Å². The van der Waals surface area contributed by atoms with Crippen LogP contribution in [0.3, 0.4) is 0 Å². The summed E-state index contributed by atoms with van der Waals surface area (Å²) in [6.45, 7) is 7.44. The monoisotopic (exact) mass is 312 g/mol. The van der Waals surface area contributed by atoms with Crippen molar-refractivity contribution < 1.29 is 14.3 Å². The van der Waals surface area contributed by atoms with E-state index in [9.17, 15) is 4.79 Å². The molecule has 1 N–H and O–H groups in total. The number of ether oxygens (including phenoxy) is 2. The summed E-state index contributed by atoms with van der Waals surface area (Å²) in [7, 11) is 1.68. The summed E-state index contributed by atoms with van der Waals surface area (Å²) in [6.07, 6.45) is 5.69. The van der Waals surface area contributed by atoms with Crippen LogP contribution in [0, 0.1) is 11.8 Å². The standard InChI is InChI=1S/C17H32N2O3/c1-13-4-5-16(14(2)12-13)18-17(20)19-8-6-15(7-9-19)22-11-10-21-3/h13-16H,4-12H2,1-3H3,(H,18,20)/t13-,14+,16+/m0/s1. The number of carbonyl (C=O) groups excluding carboxylic acids is 1. The van der Waals surface area contributed by atoms with Crippen molar-refractivity contribution >= 4 is 6.03 Å². The summed E-state index contributed by atoms with van der Waals surface area (Å²) in [6, 6.07) is 0.459. The van der Waals surface area contributed by atoms with Crippen LogP contribution in [0.1, 0.15) is 46.0 Å².